The Balaban J connectivity index is 1.85. The molecule has 1 N–H and O–H groups in total. The molecule has 7 nitrogen and oxygen atoms in total. The molecule has 1 unspecified atom stereocenters. The lowest BCUT2D eigenvalue weighted by molar-refractivity contribution is -0.147. The fraction of sp³-hybridized carbons (Fsp3) is 0.364. The van der Waals surface area contributed by atoms with E-state index >= 15 is 0 Å². The third kappa shape index (κ3) is 4.59. The molecule has 0 aliphatic carbocycles. The summed E-state index contributed by atoms with van der Waals surface area (Å²) in [6.45, 7) is 5.74. The molecule has 8 heteroatoms. The van der Waals surface area contributed by atoms with Gasteiger partial charge in [0.15, 0.2) is 0 Å². The van der Waals surface area contributed by atoms with E-state index in [4.69, 9.17) is 4.74 Å². The van der Waals surface area contributed by atoms with E-state index in [9.17, 15) is 14.4 Å². The van der Waals surface area contributed by atoms with Crippen LogP contribution >= 0.6 is 11.3 Å². The van der Waals surface area contributed by atoms with Crippen LogP contribution in [0, 0.1) is 6.92 Å². The number of unbranched alkanes of at least 4 members (excludes halogenated alkanes) is 2. The molecule has 0 radical (unpaired) electrons. The number of rotatable bonds is 8. The van der Waals surface area contributed by atoms with Gasteiger partial charge >= 0.3 is 5.97 Å². The second-order valence-electron chi connectivity index (χ2n) is 7.06. The molecular formula is C22H25N3O4S. The van der Waals surface area contributed by atoms with Gasteiger partial charge < -0.3 is 10.1 Å². The van der Waals surface area contributed by atoms with Crippen molar-refractivity contribution in [2.24, 2.45) is 0 Å². The van der Waals surface area contributed by atoms with Gasteiger partial charge in [-0.2, -0.15) is 0 Å². The lowest BCUT2D eigenvalue weighted by atomic mass is 10.2. The quantitative estimate of drug-likeness (QED) is 0.427. The number of thiophene rings is 1. The van der Waals surface area contributed by atoms with Crippen LogP contribution in [0.3, 0.4) is 0 Å². The SMILES string of the molecule is CCCCCOC(=O)C(C)n1cnc2sc(C(=O)Nc3ccccc3)c(C)c2c1=O. The van der Waals surface area contributed by atoms with Crippen LogP contribution in [0.5, 0.6) is 0 Å². The molecule has 0 saturated carbocycles. The maximum absolute atomic E-state index is 13.1. The second kappa shape index (κ2) is 9.67. The van der Waals surface area contributed by atoms with Gasteiger partial charge in [0.05, 0.1) is 23.2 Å². The summed E-state index contributed by atoms with van der Waals surface area (Å²) in [6.07, 6.45) is 4.16. The molecule has 2 heterocycles. The predicted octanol–water partition coefficient (Wildman–Crippen LogP) is 4.31. The van der Waals surface area contributed by atoms with Crippen molar-refractivity contribution in [1.29, 1.82) is 0 Å². The molecule has 3 aromatic rings. The zero-order chi connectivity index (χ0) is 21.7. The summed E-state index contributed by atoms with van der Waals surface area (Å²) in [4.78, 5) is 43.3. The zero-order valence-corrected chi connectivity index (χ0v) is 18.1. The topological polar surface area (TPSA) is 90.3 Å². The van der Waals surface area contributed by atoms with Crippen LogP contribution in [-0.2, 0) is 9.53 Å². The van der Waals surface area contributed by atoms with Gasteiger partial charge in [-0.25, -0.2) is 9.78 Å². The molecule has 0 saturated heterocycles. The van der Waals surface area contributed by atoms with E-state index in [-0.39, 0.29) is 11.5 Å². The fourth-order valence-corrected chi connectivity index (χ4v) is 4.13. The minimum absolute atomic E-state index is 0.295. The molecule has 1 aromatic carbocycles. The molecule has 158 valence electrons. The number of hydrogen-bond acceptors (Lipinski definition) is 6. The molecule has 0 aliphatic rings. The first-order valence-electron chi connectivity index (χ1n) is 9.97. The van der Waals surface area contributed by atoms with Crippen molar-refractivity contribution in [2.45, 2.75) is 46.1 Å². The zero-order valence-electron chi connectivity index (χ0n) is 17.3. The number of nitrogens with zero attached hydrogens (tertiary/aromatic N) is 2. The van der Waals surface area contributed by atoms with Crippen LogP contribution in [0.4, 0.5) is 5.69 Å². The van der Waals surface area contributed by atoms with Crippen molar-refractivity contribution in [2.75, 3.05) is 11.9 Å². The van der Waals surface area contributed by atoms with Crippen LogP contribution in [0.25, 0.3) is 10.2 Å². The number of carbonyl (C=O) groups excluding carboxylic acids is 2. The predicted molar refractivity (Wildman–Crippen MR) is 118 cm³/mol. The van der Waals surface area contributed by atoms with E-state index in [1.165, 1.54) is 10.9 Å². The lowest BCUT2D eigenvalue weighted by Gasteiger charge is -2.14. The first-order valence-corrected chi connectivity index (χ1v) is 10.8. The van der Waals surface area contributed by atoms with Crippen LogP contribution in [0.1, 0.15) is 54.4 Å². The van der Waals surface area contributed by atoms with Crippen molar-refractivity contribution in [1.82, 2.24) is 9.55 Å². The van der Waals surface area contributed by atoms with Crippen molar-refractivity contribution >= 4 is 39.1 Å². The van der Waals surface area contributed by atoms with Gasteiger partial charge in [0.2, 0.25) is 0 Å². The smallest absolute Gasteiger partial charge is 0.328 e. The van der Waals surface area contributed by atoms with E-state index in [1.807, 2.05) is 18.2 Å². The fourth-order valence-electron chi connectivity index (χ4n) is 3.10. The average Bonchev–Trinajstić information content (AvgIpc) is 3.09. The molecule has 0 spiro atoms. The molecule has 30 heavy (non-hydrogen) atoms. The molecule has 0 fully saturated rings. The van der Waals surface area contributed by atoms with Gasteiger partial charge in [0.25, 0.3) is 11.5 Å². The minimum atomic E-state index is -0.795. The largest absolute Gasteiger partial charge is 0.464 e. The molecule has 1 amide bonds. The third-order valence-electron chi connectivity index (χ3n) is 4.86. The molecule has 1 atom stereocenters. The number of nitrogens with one attached hydrogen (secondary N) is 1. The molecule has 0 aliphatic heterocycles. The Hall–Kier alpha value is -3.00. The molecule has 0 bridgehead atoms. The first-order chi connectivity index (χ1) is 14.4. The summed E-state index contributed by atoms with van der Waals surface area (Å²) < 4.78 is 6.55. The van der Waals surface area contributed by atoms with Crippen LogP contribution in [0.15, 0.2) is 41.5 Å². The van der Waals surface area contributed by atoms with Gasteiger partial charge in [0, 0.05) is 5.69 Å². The number of ether oxygens (including phenoxy) is 1. The van der Waals surface area contributed by atoms with Crippen molar-refractivity contribution in [3.8, 4) is 0 Å². The summed E-state index contributed by atoms with van der Waals surface area (Å²) in [6, 6.07) is 8.31. The average molecular weight is 428 g/mol. The summed E-state index contributed by atoms with van der Waals surface area (Å²) in [5.41, 5.74) is 0.869. The number of anilines is 1. The van der Waals surface area contributed by atoms with Crippen LogP contribution in [0.2, 0.25) is 0 Å². The van der Waals surface area contributed by atoms with Crippen LogP contribution < -0.4 is 10.9 Å². The van der Waals surface area contributed by atoms with E-state index < -0.39 is 12.0 Å². The minimum Gasteiger partial charge on any atom is -0.464 e. The summed E-state index contributed by atoms with van der Waals surface area (Å²) >= 11 is 1.16. The van der Waals surface area contributed by atoms with Gasteiger partial charge in [-0.05, 0) is 38.0 Å². The summed E-state index contributed by atoms with van der Waals surface area (Å²) in [5.74, 6) is -0.764. The number of benzene rings is 1. The van der Waals surface area contributed by atoms with Crippen molar-refractivity contribution in [3.63, 3.8) is 0 Å². The standard InChI is InChI=1S/C22H25N3O4S/c1-4-5-9-12-29-22(28)15(3)25-13-23-20-17(21(25)27)14(2)18(30-20)19(26)24-16-10-7-6-8-11-16/h6-8,10-11,13,15H,4-5,9,12H2,1-3H3,(H,24,26). The van der Waals surface area contributed by atoms with Crippen molar-refractivity contribution in [3.05, 3.63) is 57.5 Å². The molecule has 3 rings (SSSR count). The number of fused-ring (bicyclic) bond motifs is 1. The Morgan fingerprint density at radius 3 is 2.67 bits per heavy atom. The Morgan fingerprint density at radius 2 is 1.97 bits per heavy atom. The number of aromatic nitrogens is 2. The number of aryl methyl sites for hydroxylation is 1. The maximum atomic E-state index is 13.1. The highest BCUT2D eigenvalue weighted by Crippen LogP contribution is 2.28. The Morgan fingerprint density at radius 1 is 1.23 bits per heavy atom. The van der Waals surface area contributed by atoms with Gasteiger partial charge in [0.1, 0.15) is 10.9 Å². The number of esters is 1. The van der Waals surface area contributed by atoms with E-state index in [0.29, 0.717) is 33.0 Å². The van der Waals surface area contributed by atoms with Crippen LogP contribution in [-0.4, -0.2) is 28.0 Å². The van der Waals surface area contributed by atoms with Gasteiger partial charge in [-0.15, -0.1) is 11.3 Å². The van der Waals surface area contributed by atoms with E-state index in [2.05, 4.69) is 17.2 Å². The lowest BCUT2D eigenvalue weighted by Crippen LogP contribution is -2.29. The summed E-state index contributed by atoms with van der Waals surface area (Å²) in [7, 11) is 0. The van der Waals surface area contributed by atoms with Crippen molar-refractivity contribution < 1.29 is 14.3 Å². The Kier molecular flexibility index (Phi) is 6.99. The normalized spacial score (nSPS) is 12.0. The highest BCUT2D eigenvalue weighted by molar-refractivity contribution is 7.20. The number of para-hydroxylation sites is 1. The third-order valence-corrected chi connectivity index (χ3v) is 6.06. The Bertz CT molecular complexity index is 1100. The molecular weight excluding hydrogens is 402 g/mol. The Labute approximate surface area is 178 Å². The van der Waals surface area contributed by atoms with Gasteiger partial charge in [-0.3, -0.25) is 14.2 Å². The van der Waals surface area contributed by atoms with Gasteiger partial charge in [-0.1, -0.05) is 38.0 Å². The number of carbonyl (C=O) groups is 2. The maximum Gasteiger partial charge on any atom is 0.328 e. The first kappa shape index (κ1) is 21.7. The number of amides is 1. The molecule has 2 aromatic heterocycles. The summed E-state index contributed by atoms with van der Waals surface area (Å²) in [5, 5.41) is 3.18. The van der Waals surface area contributed by atoms with E-state index in [1.54, 1.807) is 26.0 Å². The second-order valence-corrected chi connectivity index (χ2v) is 8.06. The highest BCUT2D eigenvalue weighted by Gasteiger charge is 2.23. The number of hydrogen-bond donors (Lipinski definition) is 1. The monoisotopic (exact) mass is 427 g/mol. The highest BCUT2D eigenvalue weighted by atomic mass is 32.1. The van der Waals surface area contributed by atoms with E-state index in [0.717, 1.165) is 30.6 Å².